The molecule has 0 bridgehead atoms. The molecule has 0 saturated heterocycles. The Bertz CT molecular complexity index is 1130. The first kappa shape index (κ1) is 19.1. The highest BCUT2D eigenvalue weighted by atomic mass is 16.1. The molecule has 0 aliphatic rings. The van der Waals surface area contributed by atoms with Crippen molar-refractivity contribution in [1.82, 2.24) is 4.57 Å². The minimum absolute atomic E-state index is 0.127. The van der Waals surface area contributed by atoms with Gasteiger partial charge in [0.2, 0.25) is 0 Å². The van der Waals surface area contributed by atoms with E-state index in [4.69, 9.17) is 0 Å². The lowest BCUT2D eigenvalue weighted by Crippen LogP contribution is -2.25. The van der Waals surface area contributed by atoms with Crippen LogP contribution in [0.2, 0.25) is 0 Å². The summed E-state index contributed by atoms with van der Waals surface area (Å²) in [6.07, 6.45) is 1.71. The van der Waals surface area contributed by atoms with E-state index in [0.29, 0.717) is 16.9 Å². The second kappa shape index (κ2) is 7.93. The number of aliphatic imine (C=N–C) groups is 1. The van der Waals surface area contributed by atoms with E-state index >= 15 is 0 Å². The van der Waals surface area contributed by atoms with Crippen molar-refractivity contribution in [2.75, 3.05) is 5.32 Å². The second-order valence-corrected chi connectivity index (χ2v) is 6.82. The lowest BCUT2D eigenvalue weighted by Gasteiger charge is -2.17. The Balaban J connectivity index is 2.13. The third-order valence-corrected chi connectivity index (χ3v) is 4.69. The van der Waals surface area contributed by atoms with Crippen molar-refractivity contribution in [2.24, 2.45) is 12.0 Å². The molecule has 28 heavy (non-hydrogen) atoms. The predicted octanol–water partition coefficient (Wildman–Crippen LogP) is 4.68. The van der Waals surface area contributed by atoms with Crippen LogP contribution in [0.1, 0.15) is 27.8 Å². The number of nitrogens with zero attached hydrogens (tertiary/aromatic N) is 3. The van der Waals surface area contributed by atoms with Crippen LogP contribution in [0.25, 0.3) is 0 Å². The van der Waals surface area contributed by atoms with Gasteiger partial charge in [0.25, 0.3) is 5.56 Å². The molecule has 0 saturated carbocycles. The first-order valence-electron chi connectivity index (χ1n) is 8.99. The molecule has 1 N–H and O–H groups in total. The van der Waals surface area contributed by atoms with Gasteiger partial charge in [-0.3, -0.25) is 14.4 Å². The lowest BCUT2D eigenvalue weighted by molar-refractivity contribution is 0.859. The summed E-state index contributed by atoms with van der Waals surface area (Å²) in [5.41, 5.74) is 5.08. The molecule has 0 radical (unpaired) electrons. The van der Waals surface area contributed by atoms with Gasteiger partial charge in [0.1, 0.15) is 17.5 Å². The van der Waals surface area contributed by atoms with Crippen LogP contribution in [-0.4, -0.2) is 10.8 Å². The van der Waals surface area contributed by atoms with E-state index in [1.54, 1.807) is 20.2 Å². The highest BCUT2D eigenvalue weighted by molar-refractivity contribution is 5.91. The van der Waals surface area contributed by atoms with Crippen molar-refractivity contribution in [3.05, 3.63) is 86.7 Å². The third-order valence-electron chi connectivity index (χ3n) is 4.69. The number of nitrogens with one attached hydrogen (secondary N) is 1. The summed E-state index contributed by atoms with van der Waals surface area (Å²) in [6, 6.07) is 17.8. The molecule has 2 aromatic carbocycles. The summed E-state index contributed by atoms with van der Waals surface area (Å²) in [5, 5.41) is 12.8. The molecule has 5 heteroatoms. The molecule has 0 fully saturated rings. The molecule has 1 heterocycles. The number of hydrogen-bond acceptors (Lipinski definition) is 4. The standard InChI is InChI=1S/C23H22N4O/c1-15-5-9-18(10-6-15)25-14-21-17(3)20(13-24)23(28)27(4)22(21)26-19-11-7-16(2)8-12-19/h5-12,14,26H,1-4H3. The monoisotopic (exact) mass is 370 g/mol. The van der Waals surface area contributed by atoms with Gasteiger partial charge in [0.05, 0.1) is 5.69 Å². The van der Waals surface area contributed by atoms with Gasteiger partial charge < -0.3 is 5.32 Å². The van der Waals surface area contributed by atoms with Gasteiger partial charge >= 0.3 is 0 Å². The smallest absolute Gasteiger partial charge is 0.270 e. The number of aromatic nitrogens is 1. The first-order valence-corrected chi connectivity index (χ1v) is 8.99. The predicted molar refractivity (Wildman–Crippen MR) is 114 cm³/mol. The zero-order valence-electron chi connectivity index (χ0n) is 16.4. The maximum absolute atomic E-state index is 12.6. The molecular weight excluding hydrogens is 348 g/mol. The SMILES string of the molecule is Cc1ccc(N=Cc2c(C)c(C#N)c(=O)n(C)c2Nc2ccc(C)cc2)cc1. The van der Waals surface area contributed by atoms with Crippen molar-refractivity contribution in [1.29, 1.82) is 5.26 Å². The fraction of sp³-hybridized carbons (Fsp3) is 0.174. The molecule has 0 amide bonds. The molecular formula is C23H22N4O. The van der Waals surface area contributed by atoms with Gasteiger partial charge in [-0.05, 0) is 50.6 Å². The Hall–Kier alpha value is -3.65. The van der Waals surface area contributed by atoms with Crippen LogP contribution in [0, 0.1) is 32.1 Å². The Morgan fingerprint density at radius 1 is 1.00 bits per heavy atom. The van der Waals surface area contributed by atoms with Crippen molar-refractivity contribution < 1.29 is 0 Å². The molecule has 140 valence electrons. The minimum Gasteiger partial charge on any atom is -0.341 e. The third kappa shape index (κ3) is 3.86. The molecule has 0 aliphatic heterocycles. The van der Waals surface area contributed by atoms with Crippen LogP contribution in [0.5, 0.6) is 0 Å². The van der Waals surface area contributed by atoms with Gasteiger partial charge in [0.15, 0.2) is 0 Å². The minimum atomic E-state index is -0.331. The number of anilines is 2. The van der Waals surface area contributed by atoms with Crippen LogP contribution >= 0.6 is 0 Å². The van der Waals surface area contributed by atoms with Crippen molar-refractivity contribution >= 4 is 23.4 Å². The summed E-state index contributed by atoms with van der Waals surface area (Å²) >= 11 is 0. The Labute approximate surface area is 164 Å². The van der Waals surface area contributed by atoms with Gasteiger partial charge in [-0.2, -0.15) is 5.26 Å². The van der Waals surface area contributed by atoms with Crippen molar-refractivity contribution in [2.45, 2.75) is 20.8 Å². The van der Waals surface area contributed by atoms with E-state index < -0.39 is 0 Å². The van der Waals surface area contributed by atoms with Gasteiger partial charge in [-0.15, -0.1) is 0 Å². The number of rotatable bonds is 4. The van der Waals surface area contributed by atoms with Gasteiger partial charge in [-0.1, -0.05) is 35.4 Å². The van der Waals surface area contributed by atoms with E-state index in [1.807, 2.05) is 68.4 Å². The van der Waals surface area contributed by atoms with Crippen molar-refractivity contribution in [3.63, 3.8) is 0 Å². The molecule has 3 rings (SSSR count). The highest BCUT2D eigenvalue weighted by Crippen LogP contribution is 2.24. The molecule has 0 atom stereocenters. The molecule has 0 aliphatic carbocycles. The number of nitriles is 1. The Morgan fingerprint density at radius 3 is 2.14 bits per heavy atom. The van der Waals surface area contributed by atoms with Crippen LogP contribution in [0.3, 0.4) is 0 Å². The summed E-state index contributed by atoms with van der Waals surface area (Å²) in [7, 11) is 1.66. The summed E-state index contributed by atoms with van der Waals surface area (Å²) in [5.74, 6) is 0.598. The fourth-order valence-electron chi connectivity index (χ4n) is 2.91. The van der Waals surface area contributed by atoms with E-state index in [-0.39, 0.29) is 11.1 Å². The van der Waals surface area contributed by atoms with Crippen LogP contribution < -0.4 is 10.9 Å². The average molecular weight is 370 g/mol. The van der Waals surface area contributed by atoms with Crippen LogP contribution in [0.15, 0.2) is 58.3 Å². The van der Waals surface area contributed by atoms with E-state index in [0.717, 1.165) is 22.5 Å². The number of pyridine rings is 1. The Morgan fingerprint density at radius 2 is 1.57 bits per heavy atom. The number of aryl methyl sites for hydroxylation is 2. The van der Waals surface area contributed by atoms with Crippen LogP contribution in [0.4, 0.5) is 17.2 Å². The lowest BCUT2D eigenvalue weighted by atomic mass is 10.1. The number of hydrogen-bond donors (Lipinski definition) is 1. The molecule has 0 spiro atoms. The van der Waals surface area contributed by atoms with Crippen LogP contribution in [-0.2, 0) is 7.05 Å². The summed E-state index contributed by atoms with van der Waals surface area (Å²) in [4.78, 5) is 17.2. The molecule has 5 nitrogen and oxygen atoms in total. The van der Waals surface area contributed by atoms with Gasteiger partial charge in [-0.25, -0.2) is 0 Å². The quantitative estimate of drug-likeness (QED) is 0.678. The normalized spacial score (nSPS) is 10.8. The fourth-order valence-corrected chi connectivity index (χ4v) is 2.91. The second-order valence-electron chi connectivity index (χ2n) is 6.82. The van der Waals surface area contributed by atoms with E-state index in [2.05, 4.69) is 10.3 Å². The van der Waals surface area contributed by atoms with E-state index in [1.165, 1.54) is 4.57 Å². The highest BCUT2D eigenvalue weighted by Gasteiger charge is 2.16. The van der Waals surface area contributed by atoms with E-state index in [9.17, 15) is 10.1 Å². The topological polar surface area (TPSA) is 70.2 Å². The summed E-state index contributed by atoms with van der Waals surface area (Å²) in [6.45, 7) is 5.81. The average Bonchev–Trinajstić information content (AvgIpc) is 2.69. The van der Waals surface area contributed by atoms with Crippen molar-refractivity contribution in [3.8, 4) is 6.07 Å². The van der Waals surface area contributed by atoms with Gasteiger partial charge in [0, 0.05) is 24.5 Å². The zero-order chi connectivity index (χ0) is 20.3. The largest absolute Gasteiger partial charge is 0.341 e. The summed E-state index contributed by atoms with van der Waals surface area (Å²) < 4.78 is 1.46. The Kier molecular flexibility index (Phi) is 5.42. The molecule has 1 aromatic heterocycles. The maximum Gasteiger partial charge on any atom is 0.270 e. The number of benzene rings is 2. The maximum atomic E-state index is 12.6. The first-order chi connectivity index (χ1) is 13.4. The molecule has 3 aromatic rings. The molecule has 0 unspecified atom stereocenters. The zero-order valence-corrected chi connectivity index (χ0v) is 16.4.